The van der Waals surface area contributed by atoms with Crippen LogP contribution < -0.4 is 0 Å². The van der Waals surface area contributed by atoms with E-state index in [4.69, 9.17) is 0 Å². The van der Waals surface area contributed by atoms with Crippen LogP contribution in [0.4, 0.5) is 0 Å². The standard InChI is InChI=1S/C11H18N2O2/c1-5-10(14)13-7-8(2)6-9(13)11(15)12(3)4/h5,8-9H,1,6-7H2,2-4H3/t8-,9+/m0/s1. The molecule has 0 radical (unpaired) electrons. The van der Waals surface area contributed by atoms with Crippen molar-refractivity contribution >= 4 is 11.8 Å². The molecule has 1 aliphatic heterocycles. The highest BCUT2D eigenvalue weighted by atomic mass is 16.2. The minimum atomic E-state index is -0.305. The Morgan fingerprint density at radius 3 is 2.53 bits per heavy atom. The molecule has 0 aromatic heterocycles. The zero-order chi connectivity index (χ0) is 11.6. The fourth-order valence-corrected chi connectivity index (χ4v) is 1.94. The molecule has 0 spiro atoms. The lowest BCUT2D eigenvalue weighted by Gasteiger charge is -2.24. The molecule has 0 unspecified atom stereocenters. The monoisotopic (exact) mass is 210 g/mol. The quantitative estimate of drug-likeness (QED) is 0.623. The lowest BCUT2D eigenvalue weighted by molar-refractivity contribution is -0.139. The number of carbonyl (C=O) groups excluding carboxylic acids is 2. The van der Waals surface area contributed by atoms with E-state index in [0.717, 1.165) is 6.42 Å². The second-order valence-electron chi connectivity index (χ2n) is 4.28. The van der Waals surface area contributed by atoms with E-state index in [0.29, 0.717) is 12.5 Å². The molecule has 1 heterocycles. The minimum Gasteiger partial charge on any atom is -0.347 e. The van der Waals surface area contributed by atoms with Gasteiger partial charge in [0.25, 0.3) is 0 Å². The Hall–Kier alpha value is -1.32. The Bertz CT molecular complexity index is 286. The number of hydrogen-bond acceptors (Lipinski definition) is 2. The molecular formula is C11H18N2O2. The predicted molar refractivity (Wildman–Crippen MR) is 58.2 cm³/mol. The van der Waals surface area contributed by atoms with E-state index in [-0.39, 0.29) is 17.9 Å². The van der Waals surface area contributed by atoms with Crippen molar-refractivity contribution < 1.29 is 9.59 Å². The summed E-state index contributed by atoms with van der Waals surface area (Å²) in [7, 11) is 3.42. The highest BCUT2D eigenvalue weighted by Gasteiger charge is 2.37. The maximum Gasteiger partial charge on any atom is 0.246 e. The van der Waals surface area contributed by atoms with Gasteiger partial charge in [-0.15, -0.1) is 0 Å². The SMILES string of the molecule is C=CC(=O)N1C[C@@H](C)C[C@@H]1C(=O)N(C)C. The third-order valence-electron chi connectivity index (χ3n) is 2.69. The first-order valence-electron chi connectivity index (χ1n) is 5.11. The van der Waals surface area contributed by atoms with E-state index >= 15 is 0 Å². The number of likely N-dealkylation sites (N-methyl/N-ethyl adjacent to an activating group) is 1. The predicted octanol–water partition coefficient (Wildman–Crippen LogP) is 0.498. The zero-order valence-electron chi connectivity index (χ0n) is 9.56. The molecule has 0 bridgehead atoms. The summed E-state index contributed by atoms with van der Waals surface area (Å²) in [5.74, 6) is 0.219. The van der Waals surface area contributed by atoms with Crippen molar-refractivity contribution in [2.24, 2.45) is 5.92 Å². The minimum absolute atomic E-state index is 0.00505. The van der Waals surface area contributed by atoms with Crippen molar-refractivity contribution in [3.63, 3.8) is 0 Å². The summed E-state index contributed by atoms with van der Waals surface area (Å²) in [6.07, 6.45) is 2.02. The summed E-state index contributed by atoms with van der Waals surface area (Å²) < 4.78 is 0. The molecule has 2 amide bonds. The lowest BCUT2D eigenvalue weighted by Crippen LogP contribution is -2.44. The average molecular weight is 210 g/mol. The smallest absolute Gasteiger partial charge is 0.246 e. The maximum atomic E-state index is 11.8. The van der Waals surface area contributed by atoms with Crippen molar-refractivity contribution in [2.75, 3.05) is 20.6 Å². The van der Waals surface area contributed by atoms with Crippen LogP contribution in [0, 0.1) is 5.92 Å². The molecule has 0 aromatic rings. The van der Waals surface area contributed by atoms with Gasteiger partial charge in [-0.2, -0.15) is 0 Å². The molecule has 0 saturated carbocycles. The Morgan fingerprint density at radius 2 is 2.07 bits per heavy atom. The van der Waals surface area contributed by atoms with Gasteiger partial charge >= 0.3 is 0 Å². The molecule has 0 N–H and O–H groups in total. The first kappa shape index (κ1) is 11.8. The van der Waals surface area contributed by atoms with E-state index in [1.807, 2.05) is 6.92 Å². The topological polar surface area (TPSA) is 40.6 Å². The summed E-state index contributed by atoms with van der Waals surface area (Å²) in [5, 5.41) is 0. The second kappa shape index (κ2) is 4.47. The number of carbonyl (C=O) groups is 2. The molecule has 1 fully saturated rings. The Balaban J connectivity index is 2.81. The number of rotatable bonds is 2. The van der Waals surface area contributed by atoms with Crippen molar-refractivity contribution in [2.45, 2.75) is 19.4 Å². The molecule has 4 nitrogen and oxygen atoms in total. The normalized spacial score (nSPS) is 25.1. The van der Waals surface area contributed by atoms with Crippen LogP contribution in [0.3, 0.4) is 0 Å². The average Bonchev–Trinajstić information content (AvgIpc) is 2.57. The number of hydrogen-bond donors (Lipinski definition) is 0. The fourth-order valence-electron chi connectivity index (χ4n) is 1.94. The van der Waals surface area contributed by atoms with Gasteiger partial charge in [0.2, 0.25) is 11.8 Å². The summed E-state index contributed by atoms with van der Waals surface area (Å²) in [5.41, 5.74) is 0. The Kier molecular flexibility index (Phi) is 3.50. The summed E-state index contributed by atoms with van der Waals surface area (Å²) in [4.78, 5) is 26.5. The number of amides is 2. The summed E-state index contributed by atoms with van der Waals surface area (Å²) >= 11 is 0. The molecule has 4 heteroatoms. The van der Waals surface area contributed by atoms with Gasteiger partial charge in [-0.3, -0.25) is 9.59 Å². The lowest BCUT2D eigenvalue weighted by atomic mass is 10.1. The Labute approximate surface area is 90.5 Å². The molecule has 0 aromatic carbocycles. The molecular weight excluding hydrogens is 192 g/mol. The highest BCUT2D eigenvalue weighted by Crippen LogP contribution is 2.24. The van der Waals surface area contributed by atoms with Crippen LogP contribution in [0.25, 0.3) is 0 Å². The third-order valence-corrected chi connectivity index (χ3v) is 2.69. The highest BCUT2D eigenvalue weighted by molar-refractivity contribution is 5.93. The first-order valence-corrected chi connectivity index (χ1v) is 5.11. The third kappa shape index (κ3) is 2.37. The molecule has 1 aliphatic rings. The van der Waals surface area contributed by atoms with Crippen molar-refractivity contribution in [3.05, 3.63) is 12.7 Å². The van der Waals surface area contributed by atoms with Crippen LogP contribution in [-0.4, -0.2) is 48.3 Å². The van der Waals surface area contributed by atoms with Gasteiger partial charge in [-0.1, -0.05) is 13.5 Å². The van der Waals surface area contributed by atoms with E-state index < -0.39 is 0 Å². The van der Waals surface area contributed by atoms with Crippen molar-refractivity contribution in [1.82, 2.24) is 9.80 Å². The van der Waals surface area contributed by atoms with Crippen LogP contribution >= 0.6 is 0 Å². The van der Waals surface area contributed by atoms with Crippen LogP contribution in [-0.2, 0) is 9.59 Å². The van der Waals surface area contributed by atoms with Crippen molar-refractivity contribution in [3.8, 4) is 0 Å². The van der Waals surface area contributed by atoms with Gasteiger partial charge in [0.05, 0.1) is 0 Å². The Morgan fingerprint density at radius 1 is 1.47 bits per heavy atom. The molecule has 1 rings (SSSR count). The van der Waals surface area contributed by atoms with Crippen molar-refractivity contribution in [1.29, 1.82) is 0 Å². The largest absolute Gasteiger partial charge is 0.347 e. The fraction of sp³-hybridized carbons (Fsp3) is 0.636. The molecule has 84 valence electrons. The molecule has 0 aliphatic carbocycles. The van der Waals surface area contributed by atoms with E-state index in [9.17, 15) is 9.59 Å². The van der Waals surface area contributed by atoms with Gasteiger partial charge < -0.3 is 9.80 Å². The first-order chi connectivity index (χ1) is 6.97. The van der Waals surface area contributed by atoms with Crippen LogP contribution in [0.5, 0.6) is 0 Å². The van der Waals surface area contributed by atoms with Gasteiger partial charge in [-0.05, 0) is 18.4 Å². The molecule has 15 heavy (non-hydrogen) atoms. The molecule has 2 atom stereocenters. The van der Waals surface area contributed by atoms with Crippen LogP contribution in [0.15, 0.2) is 12.7 Å². The number of likely N-dealkylation sites (tertiary alicyclic amines) is 1. The zero-order valence-corrected chi connectivity index (χ0v) is 9.56. The van der Waals surface area contributed by atoms with Gasteiger partial charge in [0, 0.05) is 20.6 Å². The van der Waals surface area contributed by atoms with Crippen LogP contribution in [0.2, 0.25) is 0 Å². The maximum absolute atomic E-state index is 11.8. The number of nitrogens with zero attached hydrogens (tertiary/aromatic N) is 2. The van der Waals surface area contributed by atoms with E-state index in [1.54, 1.807) is 19.0 Å². The summed E-state index contributed by atoms with van der Waals surface area (Å²) in [6, 6.07) is -0.305. The van der Waals surface area contributed by atoms with E-state index in [2.05, 4.69) is 6.58 Å². The van der Waals surface area contributed by atoms with Crippen LogP contribution in [0.1, 0.15) is 13.3 Å². The molecule has 1 saturated heterocycles. The van der Waals surface area contributed by atoms with Gasteiger partial charge in [0.1, 0.15) is 6.04 Å². The van der Waals surface area contributed by atoms with Gasteiger partial charge in [-0.25, -0.2) is 0 Å². The summed E-state index contributed by atoms with van der Waals surface area (Å²) in [6.45, 7) is 6.15. The van der Waals surface area contributed by atoms with E-state index in [1.165, 1.54) is 11.0 Å². The van der Waals surface area contributed by atoms with Gasteiger partial charge in [0.15, 0.2) is 0 Å². The second-order valence-corrected chi connectivity index (χ2v) is 4.28.